The molecule has 0 radical (unpaired) electrons. The molecule has 0 unspecified atom stereocenters. The van der Waals surface area contributed by atoms with Crippen LogP contribution in [-0.2, 0) is 4.79 Å². The Kier molecular flexibility index (Phi) is 5.07. The SMILES string of the molecule is Nc1ccc(F)c(NC(=O)CSC2CCCCC2)c1. The highest BCUT2D eigenvalue weighted by Crippen LogP contribution is 2.28. The van der Waals surface area contributed by atoms with Crippen LogP contribution in [0.25, 0.3) is 0 Å². The molecular formula is C14H19FN2OS. The van der Waals surface area contributed by atoms with Crippen LogP contribution in [0.4, 0.5) is 15.8 Å². The number of amides is 1. The first kappa shape index (κ1) is 14.2. The minimum absolute atomic E-state index is 0.161. The Morgan fingerprint density at radius 3 is 2.84 bits per heavy atom. The van der Waals surface area contributed by atoms with Crippen molar-refractivity contribution < 1.29 is 9.18 Å². The van der Waals surface area contributed by atoms with Gasteiger partial charge in [0.25, 0.3) is 0 Å². The number of nitrogens with one attached hydrogen (secondary N) is 1. The number of hydrogen-bond donors (Lipinski definition) is 2. The standard InChI is InChI=1S/C14H19FN2OS/c15-12-7-6-10(16)8-13(12)17-14(18)9-19-11-4-2-1-3-5-11/h6-8,11H,1-5,9,16H2,(H,17,18). The number of rotatable bonds is 4. The van der Waals surface area contributed by atoms with Crippen molar-refractivity contribution in [3.8, 4) is 0 Å². The van der Waals surface area contributed by atoms with Crippen molar-refractivity contribution in [1.29, 1.82) is 0 Å². The molecule has 0 aromatic heterocycles. The zero-order valence-corrected chi connectivity index (χ0v) is 11.6. The second-order valence-electron chi connectivity index (χ2n) is 4.86. The number of halogens is 1. The molecule has 3 N–H and O–H groups in total. The van der Waals surface area contributed by atoms with Crippen LogP contribution >= 0.6 is 11.8 Å². The molecule has 1 aromatic rings. The van der Waals surface area contributed by atoms with Crippen LogP contribution < -0.4 is 11.1 Å². The molecule has 1 aromatic carbocycles. The van der Waals surface area contributed by atoms with Gasteiger partial charge in [0.2, 0.25) is 5.91 Å². The van der Waals surface area contributed by atoms with Crippen LogP contribution in [0.5, 0.6) is 0 Å². The lowest BCUT2D eigenvalue weighted by molar-refractivity contribution is -0.113. The van der Waals surface area contributed by atoms with E-state index in [-0.39, 0.29) is 11.6 Å². The lowest BCUT2D eigenvalue weighted by Gasteiger charge is -2.20. The van der Waals surface area contributed by atoms with Crippen LogP contribution in [0.2, 0.25) is 0 Å². The summed E-state index contributed by atoms with van der Waals surface area (Å²) in [6, 6.07) is 4.18. The number of thioether (sulfide) groups is 1. The summed E-state index contributed by atoms with van der Waals surface area (Å²) in [6.45, 7) is 0. The van der Waals surface area contributed by atoms with Crippen molar-refractivity contribution in [1.82, 2.24) is 0 Å². The summed E-state index contributed by atoms with van der Waals surface area (Å²) >= 11 is 1.67. The number of nitrogens with two attached hydrogens (primary N) is 1. The van der Waals surface area contributed by atoms with Gasteiger partial charge >= 0.3 is 0 Å². The van der Waals surface area contributed by atoms with E-state index >= 15 is 0 Å². The normalized spacial score (nSPS) is 16.3. The third kappa shape index (κ3) is 4.42. The zero-order valence-electron chi connectivity index (χ0n) is 10.8. The van der Waals surface area contributed by atoms with E-state index in [0.717, 1.165) is 0 Å². The highest BCUT2D eigenvalue weighted by atomic mass is 32.2. The molecule has 1 fully saturated rings. The summed E-state index contributed by atoms with van der Waals surface area (Å²) in [5.41, 5.74) is 6.17. The predicted molar refractivity (Wildman–Crippen MR) is 78.8 cm³/mol. The number of hydrogen-bond acceptors (Lipinski definition) is 3. The molecule has 1 aliphatic rings. The molecule has 0 spiro atoms. The van der Waals surface area contributed by atoms with Gasteiger partial charge in [-0.05, 0) is 31.0 Å². The smallest absolute Gasteiger partial charge is 0.234 e. The van der Waals surface area contributed by atoms with Gasteiger partial charge in [-0.25, -0.2) is 4.39 Å². The van der Waals surface area contributed by atoms with Crippen molar-refractivity contribution in [2.45, 2.75) is 37.4 Å². The lowest BCUT2D eigenvalue weighted by Crippen LogP contribution is -2.18. The molecule has 2 rings (SSSR count). The number of nitrogen functional groups attached to an aromatic ring is 1. The van der Waals surface area contributed by atoms with E-state index in [9.17, 15) is 9.18 Å². The van der Waals surface area contributed by atoms with Gasteiger partial charge < -0.3 is 11.1 Å². The summed E-state index contributed by atoms with van der Waals surface area (Å²) in [5.74, 6) is -0.246. The van der Waals surface area contributed by atoms with E-state index in [2.05, 4.69) is 5.32 Å². The fraction of sp³-hybridized carbons (Fsp3) is 0.500. The molecule has 104 valence electrons. The van der Waals surface area contributed by atoms with Gasteiger partial charge in [0.15, 0.2) is 0 Å². The fourth-order valence-corrected chi connectivity index (χ4v) is 3.38. The Bertz CT molecular complexity index is 447. The van der Waals surface area contributed by atoms with Gasteiger partial charge in [0, 0.05) is 10.9 Å². The lowest BCUT2D eigenvalue weighted by atomic mass is 10.0. The highest BCUT2D eigenvalue weighted by molar-refractivity contribution is 8.00. The summed E-state index contributed by atoms with van der Waals surface area (Å²) in [4.78, 5) is 11.8. The van der Waals surface area contributed by atoms with Gasteiger partial charge in [-0.3, -0.25) is 4.79 Å². The summed E-state index contributed by atoms with van der Waals surface area (Å²) in [5, 5.41) is 3.15. The number of carbonyl (C=O) groups is 1. The fourth-order valence-electron chi connectivity index (χ4n) is 2.25. The van der Waals surface area contributed by atoms with Crippen LogP contribution in [0, 0.1) is 5.82 Å². The maximum atomic E-state index is 13.4. The molecule has 1 saturated carbocycles. The van der Waals surface area contributed by atoms with Gasteiger partial charge in [-0.2, -0.15) is 0 Å². The van der Waals surface area contributed by atoms with Crippen LogP contribution in [0.1, 0.15) is 32.1 Å². The van der Waals surface area contributed by atoms with E-state index in [0.29, 0.717) is 16.7 Å². The van der Waals surface area contributed by atoms with E-state index < -0.39 is 5.82 Å². The van der Waals surface area contributed by atoms with Crippen molar-refractivity contribution >= 4 is 29.0 Å². The second kappa shape index (κ2) is 6.80. The van der Waals surface area contributed by atoms with E-state index in [1.54, 1.807) is 11.8 Å². The van der Waals surface area contributed by atoms with E-state index in [4.69, 9.17) is 5.73 Å². The minimum Gasteiger partial charge on any atom is -0.399 e. The quantitative estimate of drug-likeness (QED) is 0.832. The summed E-state index contributed by atoms with van der Waals surface area (Å²) in [7, 11) is 0. The molecule has 5 heteroatoms. The third-order valence-electron chi connectivity index (χ3n) is 3.27. The predicted octanol–water partition coefficient (Wildman–Crippen LogP) is 3.41. The van der Waals surface area contributed by atoms with Crippen molar-refractivity contribution in [2.24, 2.45) is 0 Å². The second-order valence-corrected chi connectivity index (χ2v) is 6.15. The zero-order chi connectivity index (χ0) is 13.7. The van der Waals surface area contributed by atoms with Crippen molar-refractivity contribution in [2.75, 3.05) is 16.8 Å². The Morgan fingerprint density at radius 1 is 1.37 bits per heavy atom. The Balaban J connectivity index is 1.81. The molecule has 0 heterocycles. The molecule has 1 aliphatic carbocycles. The average molecular weight is 282 g/mol. The van der Waals surface area contributed by atoms with Gasteiger partial charge in [-0.1, -0.05) is 19.3 Å². The first-order chi connectivity index (χ1) is 9.15. The monoisotopic (exact) mass is 282 g/mol. The Labute approximate surface area is 117 Å². The molecule has 19 heavy (non-hydrogen) atoms. The molecule has 0 aliphatic heterocycles. The summed E-state index contributed by atoms with van der Waals surface area (Å²) in [6.07, 6.45) is 6.18. The van der Waals surface area contributed by atoms with Crippen LogP contribution in [-0.4, -0.2) is 16.9 Å². The first-order valence-corrected chi connectivity index (χ1v) is 7.66. The minimum atomic E-state index is -0.454. The van der Waals surface area contributed by atoms with Crippen molar-refractivity contribution in [3.63, 3.8) is 0 Å². The molecule has 0 saturated heterocycles. The molecule has 0 atom stereocenters. The Morgan fingerprint density at radius 2 is 2.11 bits per heavy atom. The maximum Gasteiger partial charge on any atom is 0.234 e. The first-order valence-electron chi connectivity index (χ1n) is 6.61. The molecule has 0 bridgehead atoms. The number of benzene rings is 1. The number of carbonyl (C=O) groups excluding carboxylic acids is 1. The Hall–Kier alpha value is -1.23. The molecule has 3 nitrogen and oxygen atoms in total. The van der Waals surface area contributed by atoms with E-state index in [1.165, 1.54) is 50.3 Å². The van der Waals surface area contributed by atoms with Gasteiger partial charge in [0.1, 0.15) is 5.82 Å². The molecule has 1 amide bonds. The number of anilines is 2. The van der Waals surface area contributed by atoms with E-state index in [1.807, 2.05) is 0 Å². The van der Waals surface area contributed by atoms with Crippen LogP contribution in [0.15, 0.2) is 18.2 Å². The average Bonchev–Trinajstić information content (AvgIpc) is 2.42. The third-order valence-corrected chi connectivity index (χ3v) is 4.64. The molecular weight excluding hydrogens is 263 g/mol. The van der Waals surface area contributed by atoms with Gasteiger partial charge in [-0.15, -0.1) is 11.8 Å². The van der Waals surface area contributed by atoms with Crippen molar-refractivity contribution in [3.05, 3.63) is 24.0 Å². The highest BCUT2D eigenvalue weighted by Gasteiger charge is 2.15. The van der Waals surface area contributed by atoms with Gasteiger partial charge in [0.05, 0.1) is 11.4 Å². The summed E-state index contributed by atoms with van der Waals surface area (Å²) < 4.78 is 13.4. The van der Waals surface area contributed by atoms with Crippen LogP contribution in [0.3, 0.4) is 0 Å². The maximum absolute atomic E-state index is 13.4. The topological polar surface area (TPSA) is 55.1 Å². The largest absolute Gasteiger partial charge is 0.399 e.